The Kier molecular flexibility index (Phi) is 4.96. The van der Waals surface area contributed by atoms with Crippen LogP contribution in [0.15, 0.2) is 22.7 Å². The molecule has 1 aromatic carbocycles. The summed E-state index contributed by atoms with van der Waals surface area (Å²) in [6.45, 7) is 0. The van der Waals surface area contributed by atoms with E-state index in [4.69, 9.17) is 5.26 Å². The summed E-state index contributed by atoms with van der Waals surface area (Å²) < 4.78 is 0.960. The lowest BCUT2D eigenvalue weighted by molar-refractivity contribution is 0.473. The number of halogens is 1. The quantitative estimate of drug-likeness (QED) is 0.894. The third-order valence-corrected chi connectivity index (χ3v) is 5.00. The molecule has 18 heavy (non-hydrogen) atoms. The first-order valence-electron chi connectivity index (χ1n) is 6.21. The molecule has 1 fully saturated rings. The van der Waals surface area contributed by atoms with Crippen LogP contribution in [0.1, 0.15) is 31.2 Å². The van der Waals surface area contributed by atoms with Gasteiger partial charge in [-0.1, -0.05) is 15.9 Å². The Bertz CT molecular complexity index is 448. The highest BCUT2D eigenvalue weighted by Gasteiger charge is 2.20. The summed E-state index contributed by atoms with van der Waals surface area (Å²) in [6, 6.07) is 8.55. The van der Waals surface area contributed by atoms with Crippen LogP contribution in [0.4, 0.5) is 5.69 Å². The van der Waals surface area contributed by atoms with E-state index in [-0.39, 0.29) is 0 Å². The van der Waals surface area contributed by atoms with Crippen molar-refractivity contribution in [2.24, 2.45) is 0 Å². The second-order valence-electron chi connectivity index (χ2n) is 4.69. The number of thioether (sulfide) groups is 1. The molecule has 1 aromatic rings. The second-order valence-corrected chi connectivity index (χ2v) is 6.75. The lowest BCUT2D eigenvalue weighted by Crippen LogP contribution is -2.27. The SMILES string of the molecule is CSC1CCC(Nc2cc(Br)cc(C#N)c2)CC1. The molecule has 1 aliphatic rings. The number of hydrogen-bond donors (Lipinski definition) is 1. The van der Waals surface area contributed by atoms with Crippen LogP contribution in [0.5, 0.6) is 0 Å². The average Bonchev–Trinajstić information content (AvgIpc) is 2.39. The van der Waals surface area contributed by atoms with E-state index in [0.29, 0.717) is 11.6 Å². The Labute approximate surface area is 121 Å². The highest BCUT2D eigenvalue weighted by atomic mass is 79.9. The molecular formula is C14H17BrN2S. The van der Waals surface area contributed by atoms with E-state index in [9.17, 15) is 0 Å². The monoisotopic (exact) mass is 324 g/mol. The van der Waals surface area contributed by atoms with Crippen molar-refractivity contribution in [3.8, 4) is 6.07 Å². The molecule has 0 aliphatic heterocycles. The first kappa shape index (κ1) is 13.8. The molecule has 0 spiro atoms. The van der Waals surface area contributed by atoms with Gasteiger partial charge in [0.25, 0.3) is 0 Å². The molecule has 0 unspecified atom stereocenters. The molecule has 0 atom stereocenters. The Hall–Kier alpha value is -0.660. The van der Waals surface area contributed by atoms with Crippen molar-refractivity contribution in [2.45, 2.75) is 37.0 Å². The van der Waals surface area contributed by atoms with Gasteiger partial charge in [0.15, 0.2) is 0 Å². The molecule has 2 nitrogen and oxygen atoms in total. The first-order valence-corrected chi connectivity index (χ1v) is 8.29. The minimum atomic E-state index is 0.550. The fraction of sp³-hybridized carbons (Fsp3) is 0.500. The Morgan fingerprint density at radius 3 is 2.61 bits per heavy atom. The minimum Gasteiger partial charge on any atom is -0.382 e. The molecule has 0 radical (unpaired) electrons. The molecule has 96 valence electrons. The van der Waals surface area contributed by atoms with Crippen LogP contribution in [-0.4, -0.2) is 17.5 Å². The molecule has 0 bridgehead atoms. The van der Waals surface area contributed by atoms with Gasteiger partial charge in [-0.15, -0.1) is 0 Å². The van der Waals surface area contributed by atoms with Crippen molar-refractivity contribution in [3.05, 3.63) is 28.2 Å². The van der Waals surface area contributed by atoms with Gasteiger partial charge >= 0.3 is 0 Å². The zero-order valence-corrected chi connectivity index (χ0v) is 12.9. The zero-order valence-electron chi connectivity index (χ0n) is 10.4. The predicted octanol–water partition coefficient (Wildman–Crippen LogP) is 4.41. The fourth-order valence-electron chi connectivity index (χ4n) is 2.42. The van der Waals surface area contributed by atoms with E-state index in [1.54, 1.807) is 0 Å². The molecule has 2 rings (SSSR count). The van der Waals surface area contributed by atoms with E-state index in [0.717, 1.165) is 15.4 Å². The summed E-state index contributed by atoms with van der Waals surface area (Å²) in [7, 11) is 0. The van der Waals surface area contributed by atoms with E-state index in [1.165, 1.54) is 25.7 Å². The summed E-state index contributed by atoms with van der Waals surface area (Å²) in [5.41, 5.74) is 1.75. The van der Waals surface area contributed by atoms with E-state index < -0.39 is 0 Å². The molecule has 0 saturated heterocycles. The van der Waals surface area contributed by atoms with Crippen molar-refractivity contribution < 1.29 is 0 Å². The van der Waals surface area contributed by atoms with Crippen LogP contribution < -0.4 is 5.32 Å². The average molecular weight is 325 g/mol. The lowest BCUT2D eigenvalue weighted by Gasteiger charge is -2.28. The number of rotatable bonds is 3. The maximum absolute atomic E-state index is 8.96. The molecule has 1 aliphatic carbocycles. The van der Waals surface area contributed by atoms with Crippen LogP contribution in [-0.2, 0) is 0 Å². The summed E-state index contributed by atoms with van der Waals surface area (Å²) in [5.74, 6) is 0. The third-order valence-electron chi connectivity index (χ3n) is 3.41. The van der Waals surface area contributed by atoms with Gasteiger partial charge in [-0.05, 0) is 50.1 Å². The number of anilines is 1. The van der Waals surface area contributed by atoms with Gasteiger partial charge in [0.05, 0.1) is 11.6 Å². The standard InChI is InChI=1S/C14H17BrN2S/c1-18-14-4-2-12(3-5-14)17-13-7-10(9-16)6-11(15)8-13/h6-8,12,14,17H,2-5H2,1H3. The largest absolute Gasteiger partial charge is 0.382 e. The zero-order chi connectivity index (χ0) is 13.0. The predicted molar refractivity (Wildman–Crippen MR) is 82.0 cm³/mol. The van der Waals surface area contributed by atoms with Crippen LogP contribution >= 0.6 is 27.7 Å². The van der Waals surface area contributed by atoms with Gasteiger partial charge in [-0.2, -0.15) is 17.0 Å². The Balaban J connectivity index is 1.98. The number of benzene rings is 1. The second kappa shape index (κ2) is 6.49. The molecule has 0 heterocycles. The van der Waals surface area contributed by atoms with Crippen LogP contribution in [0.2, 0.25) is 0 Å². The number of nitrogens with zero attached hydrogens (tertiary/aromatic N) is 1. The van der Waals surface area contributed by atoms with Gasteiger partial charge in [0.2, 0.25) is 0 Å². The number of nitriles is 1. The number of hydrogen-bond acceptors (Lipinski definition) is 3. The highest BCUT2D eigenvalue weighted by molar-refractivity contribution is 9.10. The van der Waals surface area contributed by atoms with Gasteiger partial charge in [-0.3, -0.25) is 0 Å². The minimum absolute atomic E-state index is 0.550. The van der Waals surface area contributed by atoms with Crippen molar-refractivity contribution in [3.63, 3.8) is 0 Å². The van der Waals surface area contributed by atoms with Gasteiger partial charge in [0, 0.05) is 21.5 Å². The van der Waals surface area contributed by atoms with Crippen molar-refractivity contribution in [2.75, 3.05) is 11.6 Å². The summed E-state index contributed by atoms with van der Waals surface area (Å²) in [5, 5.41) is 13.3. The Morgan fingerprint density at radius 2 is 2.00 bits per heavy atom. The normalized spacial score (nSPS) is 23.4. The smallest absolute Gasteiger partial charge is 0.0992 e. The van der Waals surface area contributed by atoms with Crippen molar-refractivity contribution >= 4 is 33.4 Å². The van der Waals surface area contributed by atoms with Crippen LogP contribution in [0.3, 0.4) is 0 Å². The van der Waals surface area contributed by atoms with E-state index >= 15 is 0 Å². The number of nitrogens with one attached hydrogen (secondary N) is 1. The maximum Gasteiger partial charge on any atom is 0.0992 e. The lowest BCUT2D eigenvalue weighted by atomic mass is 9.94. The fourth-order valence-corrected chi connectivity index (χ4v) is 3.65. The van der Waals surface area contributed by atoms with Gasteiger partial charge < -0.3 is 5.32 Å². The van der Waals surface area contributed by atoms with Crippen molar-refractivity contribution in [1.82, 2.24) is 0 Å². The van der Waals surface area contributed by atoms with Crippen LogP contribution in [0.25, 0.3) is 0 Å². The molecule has 0 aromatic heterocycles. The topological polar surface area (TPSA) is 35.8 Å². The highest BCUT2D eigenvalue weighted by Crippen LogP contribution is 2.29. The Morgan fingerprint density at radius 1 is 1.28 bits per heavy atom. The molecule has 0 amide bonds. The first-order chi connectivity index (χ1) is 8.71. The molecule has 4 heteroatoms. The maximum atomic E-state index is 8.96. The molecular weight excluding hydrogens is 308 g/mol. The summed E-state index contributed by atoms with van der Waals surface area (Å²) in [4.78, 5) is 0. The van der Waals surface area contributed by atoms with Gasteiger partial charge in [0.1, 0.15) is 0 Å². The van der Waals surface area contributed by atoms with Gasteiger partial charge in [-0.25, -0.2) is 0 Å². The summed E-state index contributed by atoms with van der Waals surface area (Å²) >= 11 is 5.43. The van der Waals surface area contributed by atoms with Crippen LogP contribution in [0, 0.1) is 11.3 Å². The molecule has 1 N–H and O–H groups in total. The van der Waals surface area contributed by atoms with E-state index in [1.807, 2.05) is 30.0 Å². The van der Waals surface area contributed by atoms with E-state index in [2.05, 4.69) is 33.6 Å². The third kappa shape index (κ3) is 3.66. The van der Waals surface area contributed by atoms with Crippen molar-refractivity contribution in [1.29, 1.82) is 5.26 Å². The molecule has 1 saturated carbocycles. The summed E-state index contributed by atoms with van der Waals surface area (Å²) in [6.07, 6.45) is 7.22.